The molecule has 1 unspecified atom stereocenters. The number of carboxylic acids is 1. The third-order valence-electron chi connectivity index (χ3n) is 3.11. The number of aliphatic carboxylic acids is 1. The molecule has 0 spiro atoms. The van der Waals surface area contributed by atoms with Crippen molar-refractivity contribution in [2.75, 3.05) is 33.7 Å². The van der Waals surface area contributed by atoms with Gasteiger partial charge < -0.3 is 14.9 Å². The Bertz CT molecular complexity index is 315. The minimum Gasteiger partial charge on any atom is -0.478 e. The van der Waals surface area contributed by atoms with E-state index in [-0.39, 0.29) is 5.91 Å². The minimum absolute atomic E-state index is 0.251. The van der Waals surface area contributed by atoms with Gasteiger partial charge in [-0.1, -0.05) is 0 Å². The SMILES string of the molecule is CN1CCC(CCN(C)C(=O)/C=C/C(=O)O)C1. The van der Waals surface area contributed by atoms with Crippen LogP contribution in [0.2, 0.25) is 0 Å². The molecule has 0 aromatic carbocycles. The summed E-state index contributed by atoms with van der Waals surface area (Å²) in [7, 11) is 3.80. The number of amides is 1. The second-order valence-electron chi connectivity index (χ2n) is 4.64. The normalized spacial score (nSPS) is 20.9. The van der Waals surface area contributed by atoms with Crippen molar-refractivity contribution in [3.05, 3.63) is 12.2 Å². The summed E-state index contributed by atoms with van der Waals surface area (Å²) in [4.78, 5) is 25.6. The van der Waals surface area contributed by atoms with E-state index >= 15 is 0 Å². The first-order valence-corrected chi connectivity index (χ1v) is 5.83. The molecule has 1 aliphatic heterocycles. The van der Waals surface area contributed by atoms with Crippen LogP contribution in [0.5, 0.6) is 0 Å². The molecule has 0 aromatic rings. The van der Waals surface area contributed by atoms with Crippen molar-refractivity contribution in [1.29, 1.82) is 0 Å². The van der Waals surface area contributed by atoms with E-state index in [1.807, 2.05) is 0 Å². The van der Waals surface area contributed by atoms with Gasteiger partial charge in [0.25, 0.3) is 0 Å². The van der Waals surface area contributed by atoms with Crippen LogP contribution < -0.4 is 0 Å². The van der Waals surface area contributed by atoms with E-state index in [1.165, 1.54) is 6.42 Å². The molecule has 1 aliphatic rings. The molecule has 0 aromatic heterocycles. The van der Waals surface area contributed by atoms with E-state index < -0.39 is 5.97 Å². The van der Waals surface area contributed by atoms with Crippen molar-refractivity contribution >= 4 is 11.9 Å². The Kier molecular flexibility index (Phi) is 5.15. The van der Waals surface area contributed by atoms with Crippen molar-refractivity contribution < 1.29 is 14.7 Å². The average Bonchev–Trinajstić information content (AvgIpc) is 2.68. The van der Waals surface area contributed by atoms with Crippen molar-refractivity contribution in [2.45, 2.75) is 12.8 Å². The van der Waals surface area contributed by atoms with E-state index in [0.717, 1.165) is 31.7 Å². The van der Waals surface area contributed by atoms with E-state index in [4.69, 9.17) is 5.11 Å². The van der Waals surface area contributed by atoms with Gasteiger partial charge >= 0.3 is 5.97 Å². The molecule has 1 fully saturated rings. The smallest absolute Gasteiger partial charge is 0.328 e. The molecule has 1 atom stereocenters. The molecule has 1 N–H and O–H groups in total. The monoisotopic (exact) mass is 240 g/mol. The fourth-order valence-corrected chi connectivity index (χ4v) is 2.02. The van der Waals surface area contributed by atoms with E-state index in [0.29, 0.717) is 12.5 Å². The summed E-state index contributed by atoms with van der Waals surface area (Å²) < 4.78 is 0. The lowest BCUT2D eigenvalue weighted by molar-refractivity contribution is -0.132. The summed E-state index contributed by atoms with van der Waals surface area (Å²) >= 11 is 0. The Morgan fingerprint density at radius 2 is 2.18 bits per heavy atom. The standard InChI is InChI=1S/C12H20N2O3/c1-13-7-5-10(9-13)6-8-14(2)11(15)3-4-12(16)17/h3-4,10H,5-9H2,1-2H3,(H,16,17)/b4-3+. The first kappa shape index (κ1) is 13.7. The molecule has 5 heteroatoms. The van der Waals surface area contributed by atoms with Gasteiger partial charge in [0.2, 0.25) is 5.91 Å². The number of carboxylic acid groups (broad SMARTS) is 1. The number of likely N-dealkylation sites (tertiary alicyclic amines) is 1. The summed E-state index contributed by atoms with van der Waals surface area (Å²) in [6.07, 6.45) is 4.14. The van der Waals surface area contributed by atoms with Crippen molar-refractivity contribution in [2.24, 2.45) is 5.92 Å². The van der Waals surface area contributed by atoms with Crippen LogP contribution >= 0.6 is 0 Å². The number of rotatable bonds is 5. The predicted octanol–water partition coefficient (Wildman–Crippen LogP) is 0.427. The first-order valence-electron chi connectivity index (χ1n) is 5.83. The molecule has 1 amide bonds. The Labute approximate surface area is 102 Å². The highest BCUT2D eigenvalue weighted by Crippen LogP contribution is 2.17. The lowest BCUT2D eigenvalue weighted by atomic mass is 10.1. The van der Waals surface area contributed by atoms with Gasteiger partial charge in [0.15, 0.2) is 0 Å². The van der Waals surface area contributed by atoms with E-state index in [1.54, 1.807) is 11.9 Å². The van der Waals surface area contributed by atoms with Gasteiger partial charge in [-0.3, -0.25) is 4.79 Å². The maximum absolute atomic E-state index is 11.5. The van der Waals surface area contributed by atoms with Crippen LogP contribution in [0.25, 0.3) is 0 Å². The molecule has 1 rings (SSSR count). The maximum atomic E-state index is 11.5. The highest BCUT2D eigenvalue weighted by molar-refractivity contribution is 5.93. The van der Waals surface area contributed by atoms with Crippen molar-refractivity contribution in [3.63, 3.8) is 0 Å². The third kappa shape index (κ3) is 4.99. The number of likely N-dealkylation sites (N-methyl/N-ethyl adjacent to an activating group) is 1. The van der Waals surface area contributed by atoms with Gasteiger partial charge in [0.05, 0.1) is 0 Å². The zero-order chi connectivity index (χ0) is 12.8. The van der Waals surface area contributed by atoms with Crippen LogP contribution in [0.4, 0.5) is 0 Å². The average molecular weight is 240 g/mol. The Hall–Kier alpha value is -1.36. The van der Waals surface area contributed by atoms with Gasteiger partial charge in [-0.25, -0.2) is 4.79 Å². The number of carbonyl (C=O) groups excluding carboxylic acids is 1. The highest BCUT2D eigenvalue weighted by Gasteiger charge is 2.19. The molecular formula is C12H20N2O3. The number of carbonyl (C=O) groups is 2. The topological polar surface area (TPSA) is 60.9 Å². The zero-order valence-corrected chi connectivity index (χ0v) is 10.4. The van der Waals surface area contributed by atoms with Crippen LogP contribution in [0.1, 0.15) is 12.8 Å². The molecular weight excluding hydrogens is 220 g/mol. The summed E-state index contributed by atoms with van der Waals surface area (Å²) in [6.45, 7) is 2.90. The minimum atomic E-state index is -1.09. The number of hydrogen-bond donors (Lipinski definition) is 1. The lowest BCUT2D eigenvalue weighted by Crippen LogP contribution is -2.28. The van der Waals surface area contributed by atoms with Crippen LogP contribution in [-0.2, 0) is 9.59 Å². The third-order valence-corrected chi connectivity index (χ3v) is 3.11. The molecule has 1 saturated heterocycles. The molecule has 17 heavy (non-hydrogen) atoms. The highest BCUT2D eigenvalue weighted by atomic mass is 16.4. The van der Waals surface area contributed by atoms with Gasteiger partial charge in [-0.2, -0.15) is 0 Å². The van der Waals surface area contributed by atoms with Crippen LogP contribution in [-0.4, -0.2) is 60.5 Å². The molecule has 0 bridgehead atoms. The van der Waals surface area contributed by atoms with Crippen LogP contribution in [0, 0.1) is 5.92 Å². The van der Waals surface area contributed by atoms with Crippen molar-refractivity contribution in [3.8, 4) is 0 Å². The lowest BCUT2D eigenvalue weighted by Gasteiger charge is -2.17. The van der Waals surface area contributed by atoms with Crippen molar-refractivity contribution in [1.82, 2.24) is 9.80 Å². The largest absolute Gasteiger partial charge is 0.478 e. The number of hydrogen-bond acceptors (Lipinski definition) is 3. The van der Waals surface area contributed by atoms with Gasteiger partial charge in [-0.05, 0) is 32.4 Å². The summed E-state index contributed by atoms with van der Waals surface area (Å²) in [5.74, 6) is -0.693. The second kappa shape index (κ2) is 6.39. The fourth-order valence-electron chi connectivity index (χ4n) is 2.02. The van der Waals surface area contributed by atoms with E-state index in [9.17, 15) is 9.59 Å². The zero-order valence-electron chi connectivity index (χ0n) is 10.4. The van der Waals surface area contributed by atoms with Crippen LogP contribution in [0.15, 0.2) is 12.2 Å². The Balaban J connectivity index is 2.26. The Morgan fingerprint density at radius 1 is 1.47 bits per heavy atom. The summed E-state index contributed by atoms with van der Waals surface area (Å²) in [6, 6.07) is 0. The Morgan fingerprint density at radius 3 is 2.71 bits per heavy atom. The molecule has 96 valence electrons. The van der Waals surface area contributed by atoms with Crippen LogP contribution in [0.3, 0.4) is 0 Å². The summed E-state index contributed by atoms with van der Waals surface area (Å²) in [5.41, 5.74) is 0. The van der Waals surface area contributed by atoms with Gasteiger partial charge in [-0.15, -0.1) is 0 Å². The maximum Gasteiger partial charge on any atom is 0.328 e. The molecule has 1 heterocycles. The second-order valence-corrected chi connectivity index (χ2v) is 4.64. The molecule has 0 radical (unpaired) electrons. The van der Waals surface area contributed by atoms with E-state index in [2.05, 4.69) is 11.9 Å². The fraction of sp³-hybridized carbons (Fsp3) is 0.667. The summed E-state index contributed by atoms with van der Waals surface area (Å²) in [5, 5.41) is 8.41. The molecule has 0 aliphatic carbocycles. The molecule has 5 nitrogen and oxygen atoms in total. The first-order chi connectivity index (χ1) is 7.99. The predicted molar refractivity (Wildman–Crippen MR) is 64.6 cm³/mol. The number of nitrogens with zero attached hydrogens (tertiary/aromatic N) is 2. The van der Waals surface area contributed by atoms with Gasteiger partial charge in [0.1, 0.15) is 0 Å². The molecule has 0 saturated carbocycles. The van der Waals surface area contributed by atoms with Gasteiger partial charge in [0, 0.05) is 32.3 Å². The quantitative estimate of drug-likeness (QED) is 0.708.